The van der Waals surface area contributed by atoms with E-state index in [1.165, 1.54) is 12.8 Å². The van der Waals surface area contributed by atoms with Crippen molar-refractivity contribution in [3.63, 3.8) is 0 Å². The van der Waals surface area contributed by atoms with E-state index in [1.807, 2.05) is 7.05 Å². The standard InChI is InChI=1S/C13H24N2O.ClH/c1-13(7-3-4-8-13)12(16)15-9-5-11(14-2)6-10-15;/h11,14H,3-10H2,1-2H3;1H. The summed E-state index contributed by atoms with van der Waals surface area (Å²) in [4.78, 5) is 14.5. The molecular formula is C13H25ClN2O. The Bertz CT molecular complexity index is 256. The van der Waals surface area contributed by atoms with Crippen LogP contribution < -0.4 is 5.32 Å². The number of piperidine rings is 1. The molecular weight excluding hydrogens is 236 g/mol. The minimum absolute atomic E-state index is 0. The zero-order valence-corrected chi connectivity index (χ0v) is 11.8. The molecule has 0 atom stereocenters. The SMILES string of the molecule is CNC1CCN(C(=O)C2(C)CCCC2)CC1.Cl. The number of likely N-dealkylation sites (tertiary alicyclic amines) is 1. The van der Waals surface area contributed by atoms with Crippen LogP contribution in [0.5, 0.6) is 0 Å². The van der Waals surface area contributed by atoms with Gasteiger partial charge in [0.2, 0.25) is 5.91 Å². The van der Waals surface area contributed by atoms with Crippen LogP contribution in [0, 0.1) is 5.41 Å². The molecule has 0 aromatic carbocycles. The number of carbonyl (C=O) groups is 1. The molecule has 0 aromatic rings. The quantitative estimate of drug-likeness (QED) is 0.826. The van der Waals surface area contributed by atoms with Gasteiger partial charge in [-0.1, -0.05) is 19.8 Å². The van der Waals surface area contributed by atoms with Gasteiger partial charge in [-0.3, -0.25) is 4.79 Å². The first-order valence-electron chi connectivity index (χ1n) is 6.62. The maximum Gasteiger partial charge on any atom is 0.228 e. The second-order valence-corrected chi connectivity index (χ2v) is 5.62. The number of rotatable bonds is 2. The van der Waals surface area contributed by atoms with E-state index in [0.29, 0.717) is 11.9 Å². The number of nitrogens with one attached hydrogen (secondary N) is 1. The first-order chi connectivity index (χ1) is 7.65. The fourth-order valence-corrected chi connectivity index (χ4v) is 3.12. The van der Waals surface area contributed by atoms with Crippen molar-refractivity contribution >= 4 is 18.3 Å². The molecule has 1 amide bonds. The van der Waals surface area contributed by atoms with Crippen molar-refractivity contribution in [3.8, 4) is 0 Å². The van der Waals surface area contributed by atoms with Gasteiger partial charge < -0.3 is 10.2 Å². The van der Waals surface area contributed by atoms with Crippen LogP contribution >= 0.6 is 12.4 Å². The Labute approximate surface area is 111 Å². The van der Waals surface area contributed by atoms with Crippen LogP contribution in [0.4, 0.5) is 0 Å². The summed E-state index contributed by atoms with van der Waals surface area (Å²) >= 11 is 0. The van der Waals surface area contributed by atoms with Gasteiger partial charge in [0.05, 0.1) is 0 Å². The largest absolute Gasteiger partial charge is 0.342 e. The Hall–Kier alpha value is -0.280. The highest BCUT2D eigenvalue weighted by molar-refractivity contribution is 5.85. The van der Waals surface area contributed by atoms with Crippen molar-refractivity contribution in [2.75, 3.05) is 20.1 Å². The van der Waals surface area contributed by atoms with Gasteiger partial charge in [-0.05, 0) is 32.7 Å². The van der Waals surface area contributed by atoms with Crippen LogP contribution in [0.25, 0.3) is 0 Å². The summed E-state index contributed by atoms with van der Waals surface area (Å²) in [5, 5.41) is 3.30. The number of nitrogens with zero attached hydrogens (tertiary/aromatic N) is 1. The van der Waals surface area contributed by atoms with Gasteiger partial charge in [-0.25, -0.2) is 0 Å². The van der Waals surface area contributed by atoms with Crippen LogP contribution in [0.2, 0.25) is 0 Å². The molecule has 1 N–H and O–H groups in total. The van der Waals surface area contributed by atoms with Crippen LogP contribution in [-0.4, -0.2) is 37.0 Å². The summed E-state index contributed by atoms with van der Waals surface area (Å²) in [6.07, 6.45) is 6.87. The fourth-order valence-electron chi connectivity index (χ4n) is 3.12. The molecule has 1 aliphatic carbocycles. The van der Waals surface area contributed by atoms with E-state index in [4.69, 9.17) is 0 Å². The molecule has 4 heteroatoms. The van der Waals surface area contributed by atoms with Crippen LogP contribution in [-0.2, 0) is 4.79 Å². The molecule has 1 heterocycles. The normalized spacial score (nSPS) is 24.5. The van der Waals surface area contributed by atoms with E-state index in [0.717, 1.165) is 38.8 Å². The van der Waals surface area contributed by atoms with Gasteiger partial charge in [0, 0.05) is 24.5 Å². The molecule has 0 spiro atoms. The Morgan fingerprint density at radius 2 is 1.76 bits per heavy atom. The van der Waals surface area contributed by atoms with Crippen molar-refractivity contribution in [3.05, 3.63) is 0 Å². The number of carbonyl (C=O) groups excluding carboxylic acids is 1. The predicted molar refractivity (Wildman–Crippen MR) is 72.5 cm³/mol. The third-order valence-electron chi connectivity index (χ3n) is 4.41. The second-order valence-electron chi connectivity index (χ2n) is 5.62. The topological polar surface area (TPSA) is 32.3 Å². The van der Waals surface area contributed by atoms with Gasteiger partial charge in [0.1, 0.15) is 0 Å². The molecule has 2 rings (SSSR count). The molecule has 1 saturated carbocycles. The molecule has 2 fully saturated rings. The molecule has 0 aromatic heterocycles. The van der Waals surface area contributed by atoms with E-state index in [1.54, 1.807) is 0 Å². The fraction of sp³-hybridized carbons (Fsp3) is 0.923. The number of hydrogen-bond acceptors (Lipinski definition) is 2. The Morgan fingerprint density at radius 1 is 1.24 bits per heavy atom. The first-order valence-corrected chi connectivity index (χ1v) is 6.62. The summed E-state index contributed by atoms with van der Waals surface area (Å²) in [7, 11) is 2.01. The van der Waals surface area contributed by atoms with Gasteiger partial charge in [0.25, 0.3) is 0 Å². The first kappa shape index (κ1) is 14.8. The van der Waals surface area contributed by atoms with E-state index in [9.17, 15) is 4.79 Å². The predicted octanol–water partition coefficient (Wildman–Crippen LogP) is 2.20. The Balaban J connectivity index is 0.00000144. The minimum atomic E-state index is -0.0352. The van der Waals surface area contributed by atoms with Gasteiger partial charge in [0.15, 0.2) is 0 Å². The molecule has 17 heavy (non-hydrogen) atoms. The summed E-state index contributed by atoms with van der Waals surface area (Å²) in [6, 6.07) is 0.612. The van der Waals surface area contributed by atoms with Crippen molar-refractivity contribution in [2.24, 2.45) is 5.41 Å². The number of hydrogen-bond donors (Lipinski definition) is 1. The third-order valence-corrected chi connectivity index (χ3v) is 4.41. The second kappa shape index (κ2) is 6.05. The van der Waals surface area contributed by atoms with Crippen LogP contribution in [0.1, 0.15) is 45.4 Å². The smallest absolute Gasteiger partial charge is 0.228 e. The summed E-state index contributed by atoms with van der Waals surface area (Å²) in [5.74, 6) is 0.416. The van der Waals surface area contributed by atoms with Crippen molar-refractivity contribution < 1.29 is 4.79 Å². The van der Waals surface area contributed by atoms with Crippen molar-refractivity contribution in [1.29, 1.82) is 0 Å². The molecule has 2 aliphatic rings. The van der Waals surface area contributed by atoms with E-state index in [-0.39, 0.29) is 17.8 Å². The zero-order valence-electron chi connectivity index (χ0n) is 11.0. The summed E-state index contributed by atoms with van der Waals surface area (Å²) in [5.41, 5.74) is -0.0352. The summed E-state index contributed by atoms with van der Waals surface area (Å²) in [6.45, 7) is 4.05. The average Bonchev–Trinajstić information content (AvgIpc) is 2.77. The highest BCUT2D eigenvalue weighted by Crippen LogP contribution is 2.39. The number of amides is 1. The van der Waals surface area contributed by atoms with Crippen molar-refractivity contribution in [2.45, 2.75) is 51.5 Å². The molecule has 1 aliphatic heterocycles. The molecule has 0 bridgehead atoms. The molecule has 1 saturated heterocycles. The zero-order chi connectivity index (χ0) is 11.6. The minimum Gasteiger partial charge on any atom is -0.342 e. The van der Waals surface area contributed by atoms with Gasteiger partial charge in [-0.15, -0.1) is 12.4 Å². The van der Waals surface area contributed by atoms with Gasteiger partial charge >= 0.3 is 0 Å². The van der Waals surface area contributed by atoms with Crippen LogP contribution in [0.15, 0.2) is 0 Å². The number of halogens is 1. The lowest BCUT2D eigenvalue weighted by Crippen LogP contribution is -2.48. The Morgan fingerprint density at radius 3 is 2.24 bits per heavy atom. The monoisotopic (exact) mass is 260 g/mol. The van der Waals surface area contributed by atoms with E-state index >= 15 is 0 Å². The van der Waals surface area contributed by atoms with Gasteiger partial charge in [-0.2, -0.15) is 0 Å². The summed E-state index contributed by atoms with van der Waals surface area (Å²) < 4.78 is 0. The maximum atomic E-state index is 12.4. The van der Waals surface area contributed by atoms with Crippen LogP contribution in [0.3, 0.4) is 0 Å². The lowest BCUT2D eigenvalue weighted by atomic mass is 9.86. The molecule has 100 valence electrons. The lowest BCUT2D eigenvalue weighted by Gasteiger charge is -2.36. The Kier molecular flexibility index (Phi) is 5.26. The van der Waals surface area contributed by atoms with Crippen molar-refractivity contribution in [1.82, 2.24) is 10.2 Å². The lowest BCUT2D eigenvalue weighted by molar-refractivity contribution is -0.142. The maximum absolute atomic E-state index is 12.4. The average molecular weight is 261 g/mol. The van der Waals surface area contributed by atoms with E-state index < -0.39 is 0 Å². The molecule has 0 unspecified atom stereocenters. The molecule has 0 radical (unpaired) electrons. The van der Waals surface area contributed by atoms with E-state index in [2.05, 4.69) is 17.1 Å². The highest BCUT2D eigenvalue weighted by atomic mass is 35.5. The highest BCUT2D eigenvalue weighted by Gasteiger charge is 2.39. The molecule has 3 nitrogen and oxygen atoms in total. The third kappa shape index (κ3) is 3.14.